The van der Waals surface area contributed by atoms with E-state index < -0.39 is 0 Å². The summed E-state index contributed by atoms with van der Waals surface area (Å²) in [5, 5.41) is 1.30. The van der Waals surface area contributed by atoms with E-state index in [0.717, 1.165) is 17.7 Å². The van der Waals surface area contributed by atoms with Crippen molar-refractivity contribution in [2.24, 2.45) is 0 Å². The van der Waals surface area contributed by atoms with Crippen LogP contribution in [0.1, 0.15) is 31.7 Å². The van der Waals surface area contributed by atoms with Crippen molar-refractivity contribution in [3.8, 4) is 5.75 Å². The summed E-state index contributed by atoms with van der Waals surface area (Å²) in [7, 11) is 1.71. The Morgan fingerprint density at radius 3 is 2.88 bits per heavy atom. The van der Waals surface area contributed by atoms with Crippen LogP contribution in [0.4, 0.5) is 0 Å². The second-order valence-corrected chi connectivity index (χ2v) is 4.15. The Hall–Kier alpha value is -1.44. The molecular weight excluding hydrogens is 198 g/mol. The van der Waals surface area contributed by atoms with Crippen molar-refractivity contribution in [2.45, 2.75) is 32.6 Å². The molecule has 0 spiro atoms. The zero-order valence-electron chi connectivity index (χ0n) is 10.0. The lowest BCUT2D eigenvalue weighted by Gasteiger charge is -2.02. The molecule has 0 atom stereocenters. The van der Waals surface area contributed by atoms with E-state index >= 15 is 0 Å². The summed E-state index contributed by atoms with van der Waals surface area (Å²) in [4.78, 5) is 3.31. The van der Waals surface area contributed by atoms with Crippen molar-refractivity contribution in [1.29, 1.82) is 0 Å². The number of aromatic nitrogens is 1. The van der Waals surface area contributed by atoms with Gasteiger partial charge in [-0.2, -0.15) is 0 Å². The molecule has 0 saturated carbocycles. The van der Waals surface area contributed by atoms with Crippen LogP contribution in [0.3, 0.4) is 0 Å². The summed E-state index contributed by atoms with van der Waals surface area (Å²) in [5.41, 5.74) is 2.53. The molecule has 0 aliphatic heterocycles. The van der Waals surface area contributed by atoms with Gasteiger partial charge in [-0.3, -0.25) is 0 Å². The Labute approximate surface area is 96.6 Å². The highest BCUT2D eigenvalue weighted by Gasteiger charge is 2.06. The minimum Gasteiger partial charge on any atom is -0.495 e. The van der Waals surface area contributed by atoms with Gasteiger partial charge in [-0.05, 0) is 24.5 Å². The maximum absolute atomic E-state index is 5.34. The van der Waals surface area contributed by atoms with Crippen molar-refractivity contribution >= 4 is 10.9 Å². The number of hydrogen-bond donors (Lipinski definition) is 1. The number of fused-ring (bicyclic) bond motifs is 1. The van der Waals surface area contributed by atoms with Gasteiger partial charge < -0.3 is 9.72 Å². The number of para-hydroxylation sites is 1. The van der Waals surface area contributed by atoms with Crippen LogP contribution >= 0.6 is 0 Å². The number of unbranched alkanes of at least 4 members (excludes halogenated alkanes) is 2. The number of nitrogens with one attached hydrogen (secondary N) is 1. The first-order valence-electron chi connectivity index (χ1n) is 5.99. The van der Waals surface area contributed by atoms with Gasteiger partial charge in [0.15, 0.2) is 0 Å². The first-order valence-corrected chi connectivity index (χ1v) is 5.99. The zero-order valence-corrected chi connectivity index (χ0v) is 10.0. The van der Waals surface area contributed by atoms with Crippen molar-refractivity contribution in [3.05, 3.63) is 30.0 Å². The number of aromatic amines is 1. The van der Waals surface area contributed by atoms with Crippen molar-refractivity contribution in [2.75, 3.05) is 7.11 Å². The normalized spacial score (nSPS) is 10.9. The van der Waals surface area contributed by atoms with Gasteiger partial charge in [-0.1, -0.05) is 31.9 Å². The third-order valence-corrected chi connectivity index (χ3v) is 3.03. The average Bonchev–Trinajstić information content (AvgIpc) is 2.73. The molecule has 0 aliphatic rings. The van der Waals surface area contributed by atoms with E-state index in [4.69, 9.17) is 4.74 Å². The Balaban J connectivity index is 2.27. The van der Waals surface area contributed by atoms with Crippen LogP contribution in [0.5, 0.6) is 5.75 Å². The molecule has 1 heterocycles. The molecule has 2 nitrogen and oxygen atoms in total. The number of rotatable bonds is 5. The first-order chi connectivity index (χ1) is 7.86. The molecule has 0 amide bonds. The lowest BCUT2D eigenvalue weighted by Crippen LogP contribution is -1.85. The van der Waals surface area contributed by atoms with E-state index in [9.17, 15) is 0 Å². The van der Waals surface area contributed by atoms with Gasteiger partial charge in [0.2, 0.25) is 0 Å². The summed E-state index contributed by atoms with van der Waals surface area (Å²) < 4.78 is 5.34. The zero-order chi connectivity index (χ0) is 11.4. The molecule has 0 fully saturated rings. The van der Waals surface area contributed by atoms with Gasteiger partial charge in [0, 0.05) is 11.6 Å². The maximum atomic E-state index is 5.34. The molecule has 0 unspecified atom stereocenters. The SMILES string of the molecule is CCCCCc1c[nH]c2c(OC)cccc12. The molecule has 16 heavy (non-hydrogen) atoms. The maximum Gasteiger partial charge on any atom is 0.142 e. The fourth-order valence-electron chi connectivity index (χ4n) is 2.13. The summed E-state index contributed by atoms with van der Waals surface area (Å²) in [5.74, 6) is 0.930. The topological polar surface area (TPSA) is 25.0 Å². The molecule has 0 radical (unpaired) electrons. The molecule has 86 valence electrons. The number of aryl methyl sites for hydroxylation is 1. The Bertz CT molecular complexity index is 459. The lowest BCUT2D eigenvalue weighted by molar-refractivity contribution is 0.419. The van der Waals surface area contributed by atoms with Gasteiger partial charge in [-0.15, -0.1) is 0 Å². The van der Waals surface area contributed by atoms with Gasteiger partial charge >= 0.3 is 0 Å². The first kappa shape index (κ1) is 11.1. The standard InChI is InChI=1S/C14H19NO/c1-3-4-5-7-11-10-15-14-12(11)8-6-9-13(14)16-2/h6,8-10,15H,3-5,7H2,1-2H3. The quantitative estimate of drug-likeness (QED) is 0.755. The highest BCUT2D eigenvalue weighted by molar-refractivity contribution is 5.88. The van der Waals surface area contributed by atoms with Crippen LogP contribution in [-0.4, -0.2) is 12.1 Å². The molecule has 1 N–H and O–H groups in total. The third kappa shape index (κ3) is 2.06. The van der Waals surface area contributed by atoms with E-state index in [2.05, 4.69) is 30.2 Å². The number of hydrogen-bond acceptors (Lipinski definition) is 1. The largest absolute Gasteiger partial charge is 0.495 e. The minimum atomic E-state index is 0.930. The second kappa shape index (κ2) is 5.06. The molecule has 2 heteroatoms. The second-order valence-electron chi connectivity index (χ2n) is 4.15. The molecule has 2 aromatic rings. The lowest BCUT2D eigenvalue weighted by atomic mass is 10.1. The molecule has 1 aromatic carbocycles. The Morgan fingerprint density at radius 2 is 2.12 bits per heavy atom. The Morgan fingerprint density at radius 1 is 1.25 bits per heavy atom. The molecule has 1 aromatic heterocycles. The molecule has 0 saturated heterocycles. The van der Waals surface area contributed by atoms with Gasteiger partial charge in [-0.25, -0.2) is 0 Å². The highest BCUT2D eigenvalue weighted by atomic mass is 16.5. The monoisotopic (exact) mass is 217 g/mol. The number of benzene rings is 1. The van der Waals surface area contributed by atoms with Crippen LogP contribution in [-0.2, 0) is 6.42 Å². The summed E-state index contributed by atoms with van der Waals surface area (Å²) in [6.45, 7) is 2.23. The van der Waals surface area contributed by atoms with Crippen LogP contribution in [0.25, 0.3) is 10.9 Å². The van der Waals surface area contributed by atoms with E-state index in [0.29, 0.717) is 0 Å². The molecule has 0 aliphatic carbocycles. The van der Waals surface area contributed by atoms with Crippen LogP contribution in [0, 0.1) is 0 Å². The van der Waals surface area contributed by atoms with Gasteiger partial charge in [0.05, 0.1) is 12.6 Å². The smallest absolute Gasteiger partial charge is 0.142 e. The van der Waals surface area contributed by atoms with Crippen LogP contribution < -0.4 is 4.74 Å². The van der Waals surface area contributed by atoms with E-state index in [-0.39, 0.29) is 0 Å². The minimum absolute atomic E-state index is 0.930. The number of H-pyrrole nitrogens is 1. The molecule has 0 bridgehead atoms. The Kier molecular flexibility index (Phi) is 3.50. The number of ether oxygens (including phenoxy) is 1. The van der Waals surface area contributed by atoms with Crippen molar-refractivity contribution in [1.82, 2.24) is 4.98 Å². The van der Waals surface area contributed by atoms with Gasteiger partial charge in [0.1, 0.15) is 5.75 Å². The van der Waals surface area contributed by atoms with E-state index in [1.54, 1.807) is 7.11 Å². The fourth-order valence-corrected chi connectivity index (χ4v) is 2.13. The van der Waals surface area contributed by atoms with Crippen molar-refractivity contribution in [3.63, 3.8) is 0 Å². The predicted molar refractivity (Wildman–Crippen MR) is 68.1 cm³/mol. The van der Waals surface area contributed by atoms with E-state index in [1.807, 2.05) is 6.07 Å². The third-order valence-electron chi connectivity index (χ3n) is 3.03. The number of methoxy groups -OCH3 is 1. The van der Waals surface area contributed by atoms with Crippen LogP contribution in [0.2, 0.25) is 0 Å². The predicted octanol–water partition coefficient (Wildman–Crippen LogP) is 3.91. The van der Waals surface area contributed by atoms with Gasteiger partial charge in [0.25, 0.3) is 0 Å². The summed E-state index contributed by atoms with van der Waals surface area (Å²) in [6, 6.07) is 6.21. The van der Waals surface area contributed by atoms with E-state index in [1.165, 1.54) is 30.2 Å². The average molecular weight is 217 g/mol. The van der Waals surface area contributed by atoms with Crippen molar-refractivity contribution < 1.29 is 4.74 Å². The summed E-state index contributed by atoms with van der Waals surface area (Å²) in [6.07, 6.45) is 7.10. The molecular formula is C14H19NO. The summed E-state index contributed by atoms with van der Waals surface area (Å²) >= 11 is 0. The fraction of sp³-hybridized carbons (Fsp3) is 0.429. The highest BCUT2D eigenvalue weighted by Crippen LogP contribution is 2.27. The van der Waals surface area contributed by atoms with Crippen LogP contribution in [0.15, 0.2) is 24.4 Å². The molecule has 2 rings (SSSR count).